The van der Waals surface area contributed by atoms with Crippen LogP contribution in [0, 0.1) is 0 Å². The van der Waals surface area contributed by atoms with Crippen LogP contribution < -0.4 is 0 Å². The van der Waals surface area contributed by atoms with Crippen molar-refractivity contribution in [2.45, 2.75) is 0 Å². The van der Waals surface area contributed by atoms with Crippen LogP contribution >= 0.6 is 0 Å². The zero-order valence-electron chi connectivity index (χ0n) is 4.42. The van der Waals surface area contributed by atoms with Gasteiger partial charge in [-0.2, -0.15) is 0 Å². The van der Waals surface area contributed by atoms with Crippen molar-refractivity contribution in [1.82, 2.24) is 0 Å². The van der Waals surface area contributed by atoms with E-state index < -0.39 is 0 Å². The molecule has 0 aliphatic carbocycles. The summed E-state index contributed by atoms with van der Waals surface area (Å²) in [6.45, 7) is 0. The molecule has 0 aliphatic rings. The first kappa shape index (κ1) is 227. The molecule has 0 N–H and O–H groups in total. The summed E-state index contributed by atoms with van der Waals surface area (Å²) in [5.41, 5.74) is 0. The molecular weight excluding hydrogens is 664 g/mol. The zero-order valence-corrected chi connectivity index (χ0v) is 15.5. The van der Waals surface area contributed by atoms with E-state index in [4.69, 9.17) is 0 Å². The number of hydrogen-bond acceptors (Lipinski definition) is 0. The Bertz CT molecular complexity index is 20.4. The van der Waals surface area contributed by atoms with Gasteiger partial charge in [-0.05, 0) is 0 Å². The van der Waals surface area contributed by atoms with Crippen LogP contribution in [-0.2, 0) is 140 Å². The third-order valence-corrected chi connectivity index (χ3v) is 0. The van der Waals surface area contributed by atoms with Crippen molar-refractivity contribution in [2.75, 3.05) is 0 Å². The molecule has 0 aromatic carbocycles. The van der Waals surface area contributed by atoms with E-state index >= 15 is 0 Å². The first-order valence-corrected chi connectivity index (χ1v) is 0. The summed E-state index contributed by atoms with van der Waals surface area (Å²) in [7, 11) is 0. The van der Waals surface area contributed by atoms with Crippen molar-refractivity contribution in [3.8, 4) is 0 Å². The predicted octanol–water partition coefficient (Wildman–Crippen LogP) is -0.609. The molecule has 5 nitrogen and oxygen atoms in total. The summed E-state index contributed by atoms with van der Waals surface area (Å²) in [6.07, 6.45) is 0. The van der Waals surface area contributed by atoms with E-state index in [-0.39, 0.29) is 140 Å². The molecule has 0 spiro atoms. The van der Waals surface area contributed by atoms with Gasteiger partial charge in [0, 0.05) is 68.3 Å². The largest absolute Gasteiger partial charge is 5.00 e. The molecule has 0 fully saturated rings. The standard InChI is InChI=1S/2Co.2Cr.5O.2Ta/q;;;;5*-2;2*+5. The monoisotopic (exact) mass is 664 g/mol. The van der Waals surface area contributed by atoms with E-state index in [1.165, 1.54) is 0 Å². The summed E-state index contributed by atoms with van der Waals surface area (Å²) in [5, 5.41) is 0. The Hall–Kier alpha value is 3.36. The van der Waals surface area contributed by atoms with E-state index in [9.17, 15) is 0 Å². The van der Waals surface area contributed by atoms with Gasteiger partial charge < -0.3 is 27.4 Å². The quantitative estimate of drug-likeness (QED) is 0.326. The molecule has 0 aliphatic heterocycles. The summed E-state index contributed by atoms with van der Waals surface area (Å²) >= 11 is 0. The molecule has 0 atom stereocenters. The molecule has 2 radical (unpaired) electrons. The molecular formula is Co2Cr2O5Ta2. The van der Waals surface area contributed by atoms with Crippen molar-refractivity contribution < 1.29 is 140 Å². The van der Waals surface area contributed by atoms with Gasteiger partial charge in [0.15, 0.2) is 0 Å². The third kappa shape index (κ3) is 153. The number of rotatable bonds is 0. The molecule has 0 heterocycles. The van der Waals surface area contributed by atoms with Crippen LogP contribution in [0.1, 0.15) is 0 Å². The third-order valence-electron chi connectivity index (χ3n) is 0. The van der Waals surface area contributed by atoms with Crippen LogP contribution in [0.5, 0.6) is 0 Å². The second-order valence-corrected chi connectivity index (χ2v) is 0. The van der Waals surface area contributed by atoms with Crippen LogP contribution in [0.15, 0.2) is 0 Å². The maximum absolute atomic E-state index is 0. The Morgan fingerprint density at radius 2 is 0.364 bits per heavy atom. The van der Waals surface area contributed by atoms with Gasteiger partial charge in [-0.15, -0.1) is 0 Å². The molecule has 70 valence electrons. The maximum Gasteiger partial charge on any atom is 5.00 e. The Morgan fingerprint density at radius 3 is 0.364 bits per heavy atom. The maximum atomic E-state index is 0. The van der Waals surface area contributed by atoms with Gasteiger partial charge in [0.1, 0.15) is 0 Å². The summed E-state index contributed by atoms with van der Waals surface area (Å²) < 4.78 is 0. The molecule has 11 heteroatoms. The van der Waals surface area contributed by atoms with Crippen LogP contribution in [0.2, 0.25) is 0 Å². The minimum atomic E-state index is 0. The van der Waals surface area contributed by atoms with Crippen molar-refractivity contribution in [1.29, 1.82) is 0 Å². The van der Waals surface area contributed by atoms with Crippen LogP contribution in [0.4, 0.5) is 0 Å². The normalized spacial score (nSPS) is 0. The van der Waals surface area contributed by atoms with Crippen molar-refractivity contribution >= 4 is 0 Å². The molecule has 0 bridgehead atoms. The Balaban J connectivity index is 0. The van der Waals surface area contributed by atoms with E-state index in [1.807, 2.05) is 0 Å². The minimum Gasteiger partial charge on any atom is -2.00 e. The first-order valence-electron chi connectivity index (χ1n) is 0. The van der Waals surface area contributed by atoms with Crippen LogP contribution in [-0.4, -0.2) is 0 Å². The molecule has 0 rings (SSSR count). The SMILES string of the molecule is [Co].[Co].[Cr].[Cr].[O-2].[O-2].[O-2].[O-2].[O-2].[Ta+5].[Ta+5]. The molecule has 11 heavy (non-hydrogen) atoms. The van der Waals surface area contributed by atoms with Gasteiger partial charge in [-0.1, -0.05) is 0 Å². The van der Waals surface area contributed by atoms with Gasteiger partial charge in [0.05, 0.1) is 0 Å². The molecule has 0 saturated carbocycles. The fourth-order valence-corrected chi connectivity index (χ4v) is 0. The molecule has 0 aromatic rings. The van der Waals surface area contributed by atoms with E-state index in [0.717, 1.165) is 0 Å². The van der Waals surface area contributed by atoms with Gasteiger partial charge in [0.2, 0.25) is 0 Å². The molecule has 0 aromatic heterocycles. The van der Waals surface area contributed by atoms with Gasteiger partial charge >= 0.3 is 44.8 Å². The topological polar surface area (TPSA) is 142 Å². The average molecular weight is 664 g/mol. The predicted molar refractivity (Wildman–Crippen MR) is 3.43 cm³/mol. The number of hydrogen-bond donors (Lipinski definition) is 0. The van der Waals surface area contributed by atoms with E-state index in [2.05, 4.69) is 0 Å². The average Bonchev–Trinajstić information content (AvgIpc) is 0. The van der Waals surface area contributed by atoms with E-state index in [1.54, 1.807) is 0 Å². The van der Waals surface area contributed by atoms with Gasteiger partial charge in [0.25, 0.3) is 0 Å². The minimum absolute atomic E-state index is 0. The first-order chi connectivity index (χ1) is 0. The van der Waals surface area contributed by atoms with Crippen molar-refractivity contribution in [2.24, 2.45) is 0 Å². The Labute approximate surface area is 138 Å². The second-order valence-electron chi connectivity index (χ2n) is 0. The zero-order chi connectivity index (χ0) is 0. The van der Waals surface area contributed by atoms with Crippen LogP contribution in [0.3, 0.4) is 0 Å². The Morgan fingerprint density at radius 1 is 0.364 bits per heavy atom. The van der Waals surface area contributed by atoms with E-state index in [0.29, 0.717) is 0 Å². The summed E-state index contributed by atoms with van der Waals surface area (Å²) in [6, 6.07) is 0. The van der Waals surface area contributed by atoms with Crippen molar-refractivity contribution in [3.63, 3.8) is 0 Å². The second kappa shape index (κ2) is 181. The molecule has 0 unspecified atom stereocenters. The fourth-order valence-electron chi connectivity index (χ4n) is 0. The molecule has 0 amide bonds. The smallest absolute Gasteiger partial charge is 2.00 e. The Kier molecular flexibility index (Phi) is 3740. The van der Waals surface area contributed by atoms with Gasteiger partial charge in [-0.25, -0.2) is 0 Å². The molecule has 0 saturated heterocycles. The van der Waals surface area contributed by atoms with Crippen molar-refractivity contribution in [3.05, 3.63) is 0 Å². The fraction of sp³-hybridized carbons (Fsp3) is 0. The summed E-state index contributed by atoms with van der Waals surface area (Å²) in [5.74, 6) is 0. The summed E-state index contributed by atoms with van der Waals surface area (Å²) in [4.78, 5) is 0. The van der Waals surface area contributed by atoms with Crippen LogP contribution in [0.25, 0.3) is 0 Å². The van der Waals surface area contributed by atoms with Gasteiger partial charge in [-0.3, -0.25) is 0 Å².